The number of rotatable bonds is 9. The number of carboxylic acid groups (broad SMARTS) is 1. The molecule has 0 saturated heterocycles. The Balaban J connectivity index is 2.00. The Bertz CT molecular complexity index is 341. The fourth-order valence-corrected chi connectivity index (χ4v) is 1.77. The summed E-state index contributed by atoms with van der Waals surface area (Å²) >= 11 is 0. The quantitative estimate of drug-likeness (QED) is 0.659. The molecule has 1 rings (SSSR count). The summed E-state index contributed by atoms with van der Waals surface area (Å²) in [6.45, 7) is 4.01. The van der Waals surface area contributed by atoms with Crippen LogP contribution in [0.5, 0.6) is 0 Å². The first-order valence-electron chi connectivity index (χ1n) is 6.50. The van der Waals surface area contributed by atoms with Crippen LogP contribution < -0.4 is 5.32 Å². The first-order chi connectivity index (χ1) is 8.68. The van der Waals surface area contributed by atoms with Gasteiger partial charge in [-0.1, -0.05) is 6.92 Å². The molecule has 0 amide bonds. The minimum atomic E-state index is -0.701. The van der Waals surface area contributed by atoms with Crippen LogP contribution in [0.4, 0.5) is 0 Å². The van der Waals surface area contributed by atoms with Crippen molar-refractivity contribution in [2.75, 3.05) is 13.1 Å². The lowest BCUT2D eigenvalue weighted by atomic mass is 10.0. The third-order valence-electron chi connectivity index (χ3n) is 3.00. The first kappa shape index (κ1) is 14.6. The van der Waals surface area contributed by atoms with Gasteiger partial charge in [0.25, 0.3) is 0 Å². The largest absolute Gasteiger partial charge is 0.481 e. The zero-order chi connectivity index (χ0) is 13.2. The molecule has 0 aliphatic rings. The van der Waals surface area contributed by atoms with Gasteiger partial charge in [0.15, 0.2) is 0 Å². The van der Waals surface area contributed by atoms with Crippen molar-refractivity contribution in [2.24, 2.45) is 5.92 Å². The molecule has 0 radical (unpaired) electrons. The number of hydrogen-bond acceptors (Lipinski definition) is 3. The van der Waals surface area contributed by atoms with E-state index in [1.54, 1.807) is 0 Å². The van der Waals surface area contributed by atoms with Crippen LogP contribution in [0.3, 0.4) is 0 Å². The van der Waals surface area contributed by atoms with E-state index in [0.717, 1.165) is 32.4 Å². The normalized spacial score (nSPS) is 12.3. The van der Waals surface area contributed by atoms with E-state index >= 15 is 0 Å². The SMILES string of the molecule is CC(CCNCCc1ccncc1)CCC(=O)O. The number of nitrogens with zero attached hydrogens (tertiary/aromatic N) is 1. The van der Waals surface area contributed by atoms with Crippen LogP contribution in [-0.4, -0.2) is 29.1 Å². The van der Waals surface area contributed by atoms with Gasteiger partial charge >= 0.3 is 5.97 Å². The lowest BCUT2D eigenvalue weighted by Crippen LogP contribution is -2.20. The predicted octanol–water partition coefficient (Wildman–Crippen LogP) is 2.10. The zero-order valence-corrected chi connectivity index (χ0v) is 10.9. The van der Waals surface area contributed by atoms with E-state index in [-0.39, 0.29) is 6.42 Å². The van der Waals surface area contributed by atoms with Crippen LogP contribution in [0.15, 0.2) is 24.5 Å². The van der Waals surface area contributed by atoms with Gasteiger partial charge in [0.1, 0.15) is 0 Å². The molecule has 0 saturated carbocycles. The van der Waals surface area contributed by atoms with E-state index < -0.39 is 5.97 Å². The van der Waals surface area contributed by atoms with Crippen LogP contribution in [0.2, 0.25) is 0 Å². The van der Waals surface area contributed by atoms with Crippen molar-refractivity contribution in [3.8, 4) is 0 Å². The zero-order valence-electron chi connectivity index (χ0n) is 10.9. The van der Waals surface area contributed by atoms with Crippen LogP contribution in [0.1, 0.15) is 31.7 Å². The van der Waals surface area contributed by atoms with Gasteiger partial charge in [-0.15, -0.1) is 0 Å². The van der Waals surface area contributed by atoms with Gasteiger partial charge < -0.3 is 10.4 Å². The minimum Gasteiger partial charge on any atom is -0.481 e. The molecular weight excluding hydrogens is 228 g/mol. The van der Waals surface area contributed by atoms with Crippen molar-refractivity contribution in [3.63, 3.8) is 0 Å². The molecular formula is C14H22N2O2. The van der Waals surface area contributed by atoms with Gasteiger partial charge in [0.05, 0.1) is 0 Å². The molecule has 2 N–H and O–H groups in total. The second kappa shape index (κ2) is 8.64. The van der Waals surface area contributed by atoms with Crippen molar-refractivity contribution >= 4 is 5.97 Å². The van der Waals surface area contributed by atoms with Crippen molar-refractivity contribution < 1.29 is 9.90 Å². The van der Waals surface area contributed by atoms with Crippen LogP contribution in [0, 0.1) is 5.92 Å². The first-order valence-corrected chi connectivity index (χ1v) is 6.50. The highest BCUT2D eigenvalue weighted by molar-refractivity contribution is 5.66. The van der Waals surface area contributed by atoms with Gasteiger partial charge in [-0.3, -0.25) is 9.78 Å². The Hall–Kier alpha value is -1.42. The maximum Gasteiger partial charge on any atom is 0.303 e. The number of pyridine rings is 1. The van der Waals surface area contributed by atoms with Gasteiger partial charge in [0.2, 0.25) is 0 Å². The molecule has 0 fully saturated rings. The summed E-state index contributed by atoms with van der Waals surface area (Å²) in [5, 5.41) is 12.0. The van der Waals surface area contributed by atoms with E-state index in [2.05, 4.69) is 17.2 Å². The summed E-state index contributed by atoms with van der Waals surface area (Å²) in [5.74, 6) is -0.234. The number of carbonyl (C=O) groups is 1. The Morgan fingerprint density at radius 3 is 2.72 bits per heavy atom. The molecule has 0 aliphatic heterocycles. The number of nitrogens with one attached hydrogen (secondary N) is 1. The maximum absolute atomic E-state index is 10.4. The third-order valence-corrected chi connectivity index (χ3v) is 3.00. The fraction of sp³-hybridized carbons (Fsp3) is 0.571. The fourth-order valence-electron chi connectivity index (χ4n) is 1.77. The molecule has 1 aromatic heterocycles. The molecule has 18 heavy (non-hydrogen) atoms. The molecule has 0 aromatic carbocycles. The highest BCUT2D eigenvalue weighted by Gasteiger charge is 2.04. The standard InChI is InChI=1S/C14H22N2O2/c1-12(2-3-14(17)18)4-8-15-9-5-13-6-10-16-11-7-13/h6-7,10-12,15H,2-5,8-9H2,1H3,(H,17,18). The summed E-state index contributed by atoms with van der Waals surface area (Å²) in [6.07, 6.45) is 6.70. The average molecular weight is 250 g/mol. The highest BCUT2D eigenvalue weighted by Crippen LogP contribution is 2.09. The molecule has 1 aromatic rings. The number of aliphatic carboxylic acids is 1. The summed E-state index contributed by atoms with van der Waals surface area (Å²) in [6, 6.07) is 4.05. The van der Waals surface area contributed by atoms with Crippen LogP contribution in [-0.2, 0) is 11.2 Å². The van der Waals surface area contributed by atoms with E-state index in [9.17, 15) is 4.79 Å². The van der Waals surface area contributed by atoms with Gasteiger partial charge in [0, 0.05) is 18.8 Å². The molecule has 1 atom stereocenters. The Morgan fingerprint density at radius 1 is 1.33 bits per heavy atom. The summed E-state index contributed by atoms with van der Waals surface area (Å²) < 4.78 is 0. The Morgan fingerprint density at radius 2 is 2.06 bits per heavy atom. The van der Waals surface area contributed by atoms with E-state index in [1.165, 1.54) is 5.56 Å². The average Bonchev–Trinajstić information content (AvgIpc) is 2.37. The van der Waals surface area contributed by atoms with Crippen molar-refractivity contribution in [1.82, 2.24) is 10.3 Å². The summed E-state index contributed by atoms with van der Waals surface area (Å²) in [7, 11) is 0. The van der Waals surface area contributed by atoms with Crippen molar-refractivity contribution in [2.45, 2.75) is 32.6 Å². The molecule has 1 unspecified atom stereocenters. The smallest absolute Gasteiger partial charge is 0.303 e. The monoisotopic (exact) mass is 250 g/mol. The number of hydrogen-bond donors (Lipinski definition) is 2. The van der Waals surface area contributed by atoms with Crippen LogP contribution in [0.25, 0.3) is 0 Å². The summed E-state index contributed by atoms with van der Waals surface area (Å²) in [5.41, 5.74) is 1.29. The lowest BCUT2D eigenvalue weighted by Gasteiger charge is -2.10. The van der Waals surface area contributed by atoms with E-state index in [4.69, 9.17) is 5.11 Å². The molecule has 4 nitrogen and oxygen atoms in total. The molecule has 4 heteroatoms. The minimum absolute atomic E-state index is 0.276. The topological polar surface area (TPSA) is 62.2 Å². The van der Waals surface area contributed by atoms with Gasteiger partial charge in [-0.25, -0.2) is 0 Å². The number of carboxylic acids is 1. The molecule has 0 aliphatic carbocycles. The Kier molecular flexibility index (Phi) is 7.03. The second-order valence-electron chi connectivity index (χ2n) is 4.68. The molecule has 1 heterocycles. The van der Waals surface area contributed by atoms with E-state index in [0.29, 0.717) is 5.92 Å². The van der Waals surface area contributed by atoms with Gasteiger partial charge in [-0.05, 0) is 56.0 Å². The highest BCUT2D eigenvalue weighted by atomic mass is 16.4. The maximum atomic E-state index is 10.4. The number of aromatic nitrogens is 1. The lowest BCUT2D eigenvalue weighted by molar-refractivity contribution is -0.137. The second-order valence-corrected chi connectivity index (χ2v) is 4.68. The predicted molar refractivity (Wildman–Crippen MR) is 71.5 cm³/mol. The van der Waals surface area contributed by atoms with Gasteiger partial charge in [-0.2, -0.15) is 0 Å². The van der Waals surface area contributed by atoms with Crippen LogP contribution >= 0.6 is 0 Å². The van der Waals surface area contributed by atoms with E-state index in [1.807, 2.05) is 24.5 Å². The molecule has 100 valence electrons. The third kappa shape index (κ3) is 7.01. The van der Waals surface area contributed by atoms with Crippen molar-refractivity contribution in [1.29, 1.82) is 0 Å². The molecule has 0 bridgehead atoms. The molecule has 0 spiro atoms. The van der Waals surface area contributed by atoms with Crippen molar-refractivity contribution in [3.05, 3.63) is 30.1 Å². The summed E-state index contributed by atoms with van der Waals surface area (Å²) in [4.78, 5) is 14.4. The Labute approximate surface area is 108 Å².